The third-order valence-corrected chi connectivity index (χ3v) is 6.63. The number of nitrogens with zero attached hydrogens (tertiary/aromatic N) is 4. The number of hydrogen-bond donors (Lipinski definition) is 1. The van der Waals surface area contributed by atoms with E-state index in [1.807, 2.05) is 47.9 Å². The molecule has 10 heteroatoms. The predicted octanol–water partition coefficient (Wildman–Crippen LogP) is 4.45. The molecule has 4 rings (SSSR count). The van der Waals surface area contributed by atoms with Crippen molar-refractivity contribution in [2.45, 2.75) is 18.6 Å². The number of morpholine rings is 1. The minimum Gasteiger partial charge on any atom is -0.379 e. The first-order valence-corrected chi connectivity index (χ1v) is 11.9. The number of carbonyl (C=O) groups is 1. The Bertz CT molecular complexity index is 1080. The predicted molar refractivity (Wildman–Crippen MR) is 128 cm³/mol. The summed E-state index contributed by atoms with van der Waals surface area (Å²) in [5.74, 6) is 0.854. The number of benzene rings is 2. The van der Waals surface area contributed by atoms with E-state index < -0.39 is 0 Å². The van der Waals surface area contributed by atoms with Gasteiger partial charge in [0.25, 0.3) is 0 Å². The molecule has 0 radical (unpaired) electrons. The van der Waals surface area contributed by atoms with Crippen LogP contribution in [0.15, 0.2) is 47.6 Å². The van der Waals surface area contributed by atoms with E-state index in [2.05, 4.69) is 20.4 Å². The van der Waals surface area contributed by atoms with Crippen LogP contribution < -0.4 is 5.32 Å². The quantitative estimate of drug-likeness (QED) is 0.492. The smallest absolute Gasteiger partial charge is 0.234 e. The number of rotatable bonds is 7. The second-order valence-electron chi connectivity index (χ2n) is 7.40. The number of anilines is 1. The third kappa shape index (κ3) is 5.82. The average Bonchev–Trinajstić information content (AvgIpc) is 3.18. The molecule has 1 aliphatic heterocycles. The van der Waals surface area contributed by atoms with E-state index >= 15 is 0 Å². The SMILES string of the molecule is Cc1ccc(NC(=O)CSc2nnc(CN3CCOCC3)n2-c2ccc(Cl)cc2)cc1Cl. The summed E-state index contributed by atoms with van der Waals surface area (Å²) in [5, 5.41) is 13.6. The highest BCUT2D eigenvalue weighted by Gasteiger charge is 2.20. The molecule has 1 N–H and O–H groups in total. The second-order valence-corrected chi connectivity index (χ2v) is 9.19. The molecule has 1 aliphatic rings. The lowest BCUT2D eigenvalue weighted by Gasteiger charge is -2.26. The van der Waals surface area contributed by atoms with Crippen molar-refractivity contribution in [3.63, 3.8) is 0 Å². The van der Waals surface area contributed by atoms with Gasteiger partial charge in [0.05, 0.1) is 25.5 Å². The summed E-state index contributed by atoms with van der Waals surface area (Å²) in [6, 6.07) is 13.0. The molecule has 0 spiro atoms. The number of carbonyl (C=O) groups excluding carboxylic acids is 1. The highest BCUT2D eigenvalue weighted by Crippen LogP contribution is 2.25. The maximum absolute atomic E-state index is 12.5. The molecule has 7 nitrogen and oxygen atoms in total. The lowest BCUT2D eigenvalue weighted by molar-refractivity contribution is -0.113. The van der Waals surface area contributed by atoms with E-state index in [4.69, 9.17) is 27.9 Å². The van der Waals surface area contributed by atoms with Crippen molar-refractivity contribution in [3.8, 4) is 5.69 Å². The Morgan fingerprint density at radius 1 is 1.12 bits per heavy atom. The van der Waals surface area contributed by atoms with Crippen LogP contribution in [-0.4, -0.2) is 57.6 Å². The third-order valence-electron chi connectivity index (χ3n) is 5.04. The molecule has 0 atom stereocenters. The average molecular weight is 492 g/mol. The highest BCUT2D eigenvalue weighted by molar-refractivity contribution is 7.99. The Morgan fingerprint density at radius 3 is 2.59 bits per heavy atom. The summed E-state index contributed by atoms with van der Waals surface area (Å²) in [4.78, 5) is 14.8. The maximum atomic E-state index is 12.5. The molecule has 1 saturated heterocycles. The molecule has 0 bridgehead atoms. The topological polar surface area (TPSA) is 72.3 Å². The number of ether oxygens (including phenoxy) is 1. The monoisotopic (exact) mass is 491 g/mol. The van der Waals surface area contributed by atoms with Gasteiger partial charge in [-0.05, 0) is 48.9 Å². The Balaban J connectivity index is 1.50. The molecule has 0 saturated carbocycles. The minimum absolute atomic E-state index is 0.143. The van der Waals surface area contributed by atoms with Crippen LogP contribution in [-0.2, 0) is 16.1 Å². The van der Waals surface area contributed by atoms with Crippen LogP contribution >= 0.6 is 35.0 Å². The number of thioether (sulfide) groups is 1. The van der Waals surface area contributed by atoms with Gasteiger partial charge in [0.15, 0.2) is 11.0 Å². The van der Waals surface area contributed by atoms with Crippen molar-refractivity contribution in [1.82, 2.24) is 19.7 Å². The molecule has 2 heterocycles. The van der Waals surface area contributed by atoms with Crippen molar-refractivity contribution in [2.24, 2.45) is 0 Å². The lowest BCUT2D eigenvalue weighted by Crippen LogP contribution is -2.36. The molecule has 0 unspecified atom stereocenters. The molecule has 168 valence electrons. The van der Waals surface area contributed by atoms with E-state index in [-0.39, 0.29) is 11.7 Å². The van der Waals surface area contributed by atoms with E-state index in [0.29, 0.717) is 40.6 Å². The van der Waals surface area contributed by atoms with Crippen molar-refractivity contribution in [2.75, 3.05) is 37.4 Å². The number of amides is 1. The molecule has 32 heavy (non-hydrogen) atoms. The molecular formula is C22H23Cl2N5O2S. The number of halogens is 2. The van der Waals surface area contributed by atoms with Crippen LogP contribution in [0.1, 0.15) is 11.4 Å². The normalized spacial score (nSPS) is 14.5. The summed E-state index contributed by atoms with van der Waals surface area (Å²) in [6.45, 7) is 5.67. The van der Waals surface area contributed by atoms with Gasteiger partial charge in [-0.3, -0.25) is 14.3 Å². The fraction of sp³-hybridized carbons (Fsp3) is 0.318. The van der Waals surface area contributed by atoms with Gasteiger partial charge in [-0.25, -0.2) is 0 Å². The van der Waals surface area contributed by atoms with Gasteiger partial charge in [-0.2, -0.15) is 0 Å². The molecule has 1 fully saturated rings. The van der Waals surface area contributed by atoms with Crippen LogP contribution in [0, 0.1) is 6.92 Å². The van der Waals surface area contributed by atoms with Crippen LogP contribution in [0.5, 0.6) is 0 Å². The Kier molecular flexibility index (Phi) is 7.70. The van der Waals surface area contributed by atoms with Gasteiger partial charge in [0, 0.05) is 34.5 Å². The largest absolute Gasteiger partial charge is 0.379 e. The van der Waals surface area contributed by atoms with E-state index in [0.717, 1.165) is 30.2 Å². The number of aromatic nitrogens is 3. The maximum Gasteiger partial charge on any atom is 0.234 e. The number of nitrogens with one attached hydrogen (secondary N) is 1. The standard InChI is InChI=1S/C22H23Cl2N5O2S/c1-15-2-5-17(12-19(15)24)25-21(30)14-32-22-27-26-20(13-28-8-10-31-11-9-28)29(22)18-6-3-16(23)4-7-18/h2-7,12H,8-11,13-14H2,1H3,(H,25,30). The van der Waals surface area contributed by atoms with Crippen LogP contribution in [0.25, 0.3) is 5.69 Å². The zero-order chi connectivity index (χ0) is 22.5. The first-order valence-electron chi connectivity index (χ1n) is 10.2. The van der Waals surface area contributed by atoms with Crippen molar-refractivity contribution >= 4 is 46.6 Å². The molecular weight excluding hydrogens is 469 g/mol. The number of hydrogen-bond acceptors (Lipinski definition) is 6. The Morgan fingerprint density at radius 2 is 1.88 bits per heavy atom. The minimum atomic E-state index is -0.143. The fourth-order valence-electron chi connectivity index (χ4n) is 3.30. The van der Waals surface area contributed by atoms with Gasteiger partial charge >= 0.3 is 0 Å². The molecule has 1 amide bonds. The van der Waals surface area contributed by atoms with Crippen LogP contribution in [0.2, 0.25) is 10.0 Å². The van der Waals surface area contributed by atoms with Gasteiger partial charge in [-0.15, -0.1) is 10.2 Å². The van der Waals surface area contributed by atoms with Crippen molar-refractivity contribution in [1.29, 1.82) is 0 Å². The van der Waals surface area contributed by atoms with Crippen molar-refractivity contribution < 1.29 is 9.53 Å². The number of aryl methyl sites for hydroxylation is 1. The van der Waals surface area contributed by atoms with Gasteiger partial charge in [0.1, 0.15) is 0 Å². The van der Waals surface area contributed by atoms with Crippen LogP contribution in [0.3, 0.4) is 0 Å². The zero-order valence-corrected chi connectivity index (χ0v) is 19.9. The second kappa shape index (κ2) is 10.7. The Hall–Kier alpha value is -2.10. The van der Waals surface area contributed by atoms with E-state index in [9.17, 15) is 4.79 Å². The van der Waals surface area contributed by atoms with Crippen LogP contribution in [0.4, 0.5) is 5.69 Å². The molecule has 1 aromatic heterocycles. The molecule has 0 aliphatic carbocycles. The fourth-order valence-corrected chi connectivity index (χ4v) is 4.38. The molecule has 2 aromatic carbocycles. The van der Waals surface area contributed by atoms with E-state index in [1.165, 1.54) is 11.8 Å². The summed E-state index contributed by atoms with van der Waals surface area (Å²) in [5.41, 5.74) is 2.53. The summed E-state index contributed by atoms with van der Waals surface area (Å²) < 4.78 is 7.42. The summed E-state index contributed by atoms with van der Waals surface area (Å²) >= 11 is 13.6. The summed E-state index contributed by atoms with van der Waals surface area (Å²) in [6.07, 6.45) is 0. The van der Waals surface area contributed by atoms with Gasteiger partial charge in [0.2, 0.25) is 5.91 Å². The highest BCUT2D eigenvalue weighted by atomic mass is 35.5. The first-order chi connectivity index (χ1) is 15.5. The first kappa shape index (κ1) is 23.1. The van der Waals surface area contributed by atoms with Gasteiger partial charge in [-0.1, -0.05) is 41.0 Å². The lowest BCUT2D eigenvalue weighted by atomic mass is 10.2. The summed E-state index contributed by atoms with van der Waals surface area (Å²) in [7, 11) is 0. The van der Waals surface area contributed by atoms with Crippen molar-refractivity contribution in [3.05, 3.63) is 63.9 Å². The van der Waals surface area contributed by atoms with Gasteiger partial charge < -0.3 is 10.1 Å². The molecule has 3 aromatic rings. The van der Waals surface area contributed by atoms with E-state index in [1.54, 1.807) is 6.07 Å². The zero-order valence-electron chi connectivity index (χ0n) is 17.6. The Labute approximate surface area is 201 Å².